The molecule has 10 atom stereocenters. The molecule has 234 valence electrons. The molecule has 1 heterocycles. The topological polar surface area (TPSA) is 9.23 Å². The highest BCUT2D eigenvalue weighted by Gasteiger charge is 2.59. The lowest BCUT2D eigenvalue weighted by Gasteiger charge is -2.62. The molecule has 5 fully saturated rings. The van der Waals surface area contributed by atoms with Crippen LogP contribution < -0.4 is 0 Å². The highest BCUT2D eigenvalue weighted by atomic mass is 16.5. The highest BCUT2D eigenvalue weighted by Crippen LogP contribution is 2.66. The molecule has 1 aliphatic heterocycles. The van der Waals surface area contributed by atoms with Crippen molar-refractivity contribution in [3.63, 3.8) is 0 Å². The number of ether oxygens (including phenoxy) is 1. The van der Waals surface area contributed by atoms with Gasteiger partial charge in [-0.05, 0) is 148 Å². The fourth-order valence-corrected chi connectivity index (χ4v) is 14.3. The van der Waals surface area contributed by atoms with Crippen LogP contribution in [0.1, 0.15) is 141 Å². The predicted molar refractivity (Wildman–Crippen MR) is 177 cm³/mol. The molecule has 0 aromatic rings. The van der Waals surface area contributed by atoms with Crippen LogP contribution in [0.2, 0.25) is 0 Å². The van der Waals surface area contributed by atoms with E-state index in [1.165, 1.54) is 88.6 Å². The largest absolute Gasteiger partial charge is 0.465 e. The van der Waals surface area contributed by atoms with Crippen molar-refractivity contribution in [3.05, 3.63) is 47.0 Å². The summed E-state index contributed by atoms with van der Waals surface area (Å²) >= 11 is 0. The third-order valence-electron chi connectivity index (χ3n) is 15.6. The van der Waals surface area contributed by atoms with Crippen molar-refractivity contribution in [1.29, 1.82) is 0 Å². The Labute approximate surface area is 263 Å². The van der Waals surface area contributed by atoms with E-state index in [9.17, 15) is 0 Å². The number of hydrogen-bond acceptors (Lipinski definition) is 1. The van der Waals surface area contributed by atoms with E-state index in [0.29, 0.717) is 5.92 Å². The first-order valence-corrected chi connectivity index (χ1v) is 19.8. The molecule has 43 heavy (non-hydrogen) atoms. The maximum atomic E-state index is 7.09. The number of hydrogen-bond donors (Lipinski definition) is 0. The first kappa shape index (κ1) is 28.0. The van der Waals surface area contributed by atoms with Gasteiger partial charge in [0.05, 0.1) is 0 Å². The Hall–Kier alpha value is -1.24. The molecule has 1 heteroatoms. The second kappa shape index (κ2) is 11.8. The van der Waals surface area contributed by atoms with Crippen LogP contribution in [0.15, 0.2) is 47.0 Å². The lowest BCUT2D eigenvalue weighted by Crippen LogP contribution is -2.55. The summed E-state index contributed by atoms with van der Waals surface area (Å²) in [5, 5.41) is 0. The second-order valence-electron chi connectivity index (χ2n) is 17.2. The number of allylic oxidation sites excluding steroid dienone is 7. The average Bonchev–Trinajstić information content (AvgIpc) is 3.47. The van der Waals surface area contributed by atoms with Crippen molar-refractivity contribution in [2.24, 2.45) is 71.0 Å². The molecule has 9 aliphatic rings. The van der Waals surface area contributed by atoms with E-state index in [1.54, 1.807) is 68.9 Å². The van der Waals surface area contributed by atoms with Crippen molar-refractivity contribution in [2.75, 3.05) is 0 Å². The first-order valence-electron chi connectivity index (χ1n) is 19.8. The summed E-state index contributed by atoms with van der Waals surface area (Å²) in [6.45, 7) is 0. The zero-order chi connectivity index (χ0) is 28.3. The third-order valence-corrected chi connectivity index (χ3v) is 15.6. The Morgan fingerprint density at radius 3 is 1.86 bits per heavy atom. The maximum Gasteiger partial charge on any atom is 0.111 e. The lowest BCUT2D eigenvalue weighted by atomic mass is 9.43. The summed E-state index contributed by atoms with van der Waals surface area (Å²) in [7, 11) is 0. The van der Waals surface area contributed by atoms with E-state index in [-0.39, 0.29) is 0 Å². The van der Waals surface area contributed by atoms with Gasteiger partial charge in [0, 0.05) is 17.9 Å². The molecule has 1 nitrogen and oxygen atoms in total. The summed E-state index contributed by atoms with van der Waals surface area (Å²) < 4.78 is 7.09. The van der Waals surface area contributed by atoms with Gasteiger partial charge in [-0.25, -0.2) is 0 Å². The summed E-state index contributed by atoms with van der Waals surface area (Å²) in [4.78, 5) is 0. The highest BCUT2D eigenvalue weighted by molar-refractivity contribution is 5.43. The van der Waals surface area contributed by atoms with E-state index >= 15 is 0 Å². The van der Waals surface area contributed by atoms with Gasteiger partial charge in [0.1, 0.15) is 11.5 Å². The monoisotopic (exact) mass is 580 g/mol. The van der Waals surface area contributed by atoms with Crippen LogP contribution in [0.5, 0.6) is 0 Å². The Morgan fingerprint density at radius 2 is 1.14 bits per heavy atom. The normalized spacial score (nSPS) is 47.6. The van der Waals surface area contributed by atoms with E-state index in [4.69, 9.17) is 4.74 Å². The van der Waals surface area contributed by atoms with Gasteiger partial charge in [-0.2, -0.15) is 0 Å². The molecule has 0 aromatic carbocycles. The molecular formula is C42H60O. The SMILES string of the molecule is C1=CC2=C(CC1)OC1=C(C3CC=CCC3)CCC(C3C4CCCCC4C(C4CCCC5CCCCC54)C4CCCCC43)C21. The van der Waals surface area contributed by atoms with Crippen LogP contribution in [0.4, 0.5) is 0 Å². The van der Waals surface area contributed by atoms with E-state index < -0.39 is 0 Å². The van der Waals surface area contributed by atoms with Crippen LogP contribution in [-0.4, -0.2) is 0 Å². The van der Waals surface area contributed by atoms with Crippen LogP contribution in [0.25, 0.3) is 0 Å². The molecule has 5 saturated carbocycles. The summed E-state index contributed by atoms with van der Waals surface area (Å²) in [6.07, 6.45) is 42.2. The Kier molecular flexibility index (Phi) is 7.72. The first-order chi connectivity index (χ1) is 21.4. The molecule has 0 spiro atoms. The Balaban J connectivity index is 1.10. The minimum atomic E-state index is 0.588. The number of rotatable bonds is 3. The zero-order valence-corrected chi connectivity index (χ0v) is 27.2. The van der Waals surface area contributed by atoms with Crippen LogP contribution in [0, 0.1) is 71.0 Å². The van der Waals surface area contributed by atoms with Crippen LogP contribution in [-0.2, 0) is 4.74 Å². The van der Waals surface area contributed by atoms with Gasteiger partial charge in [-0.1, -0.05) is 82.1 Å². The molecular weight excluding hydrogens is 520 g/mol. The fourth-order valence-electron chi connectivity index (χ4n) is 14.3. The maximum absolute atomic E-state index is 7.09. The minimum Gasteiger partial charge on any atom is -0.465 e. The third kappa shape index (κ3) is 4.73. The molecule has 0 radical (unpaired) electrons. The van der Waals surface area contributed by atoms with Crippen LogP contribution in [0.3, 0.4) is 0 Å². The number of fused-ring (bicyclic) bond motifs is 5. The Bertz CT molecular complexity index is 1140. The van der Waals surface area contributed by atoms with Crippen LogP contribution >= 0.6 is 0 Å². The van der Waals surface area contributed by atoms with Gasteiger partial charge in [-0.3, -0.25) is 0 Å². The molecule has 9 rings (SSSR count). The summed E-state index contributed by atoms with van der Waals surface area (Å²) in [5.74, 6) is 14.4. The summed E-state index contributed by atoms with van der Waals surface area (Å²) in [6, 6.07) is 0. The molecule has 0 saturated heterocycles. The molecule has 0 amide bonds. The van der Waals surface area contributed by atoms with Gasteiger partial charge in [-0.15, -0.1) is 0 Å². The fraction of sp³-hybridized carbons (Fsp3) is 0.810. The van der Waals surface area contributed by atoms with E-state index in [1.807, 2.05) is 0 Å². The predicted octanol–water partition coefficient (Wildman–Crippen LogP) is 11.7. The molecule has 10 unspecified atom stereocenters. The van der Waals surface area contributed by atoms with E-state index in [2.05, 4.69) is 24.3 Å². The molecule has 0 bridgehead atoms. The van der Waals surface area contributed by atoms with Crippen molar-refractivity contribution >= 4 is 0 Å². The van der Waals surface area contributed by atoms with Crippen molar-refractivity contribution in [3.8, 4) is 0 Å². The molecule has 8 aliphatic carbocycles. The lowest BCUT2D eigenvalue weighted by molar-refractivity contribution is -0.129. The second-order valence-corrected chi connectivity index (χ2v) is 17.2. The quantitative estimate of drug-likeness (QED) is 0.302. The van der Waals surface area contributed by atoms with Crippen molar-refractivity contribution in [2.45, 2.75) is 141 Å². The molecule has 0 aromatic heterocycles. The zero-order valence-electron chi connectivity index (χ0n) is 27.2. The van der Waals surface area contributed by atoms with Gasteiger partial charge < -0.3 is 4.74 Å². The van der Waals surface area contributed by atoms with Gasteiger partial charge >= 0.3 is 0 Å². The van der Waals surface area contributed by atoms with E-state index in [0.717, 1.165) is 71.5 Å². The van der Waals surface area contributed by atoms with Gasteiger partial charge in [0.25, 0.3) is 0 Å². The van der Waals surface area contributed by atoms with Gasteiger partial charge in [0.15, 0.2) is 0 Å². The summed E-state index contributed by atoms with van der Waals surface area (Å²) in [5.41, 5.74) is 3.40. The molecule has 0 N–H and O–H groups in total. The van der Waals surface area contributed by atoms with Gasteiger partial charge in [0.2, 0.25) is 0 Å². The minimum absolute atomic E-state index is 0.588. The van der Waals surface area contributed by atoms with Crippen molar-refractivity contribution in [1.82, 2.24) is 0 Å². The van der Waals surface area contributed by atoms with Crippen molar-refractivity contribution < 1.29 is 4.74 Å². The standard InChI is InChI=1S/C42H60O/c1-2-13-28(14-3-1)30-25-26-37(41-36-22-10-11-24-38(36)43-42(30)41)40-34-20-8-6-18-32(34)39(33-19-7-9-21-35(33)40)31-23-12-16-27-15-4-5-17-29(27)31/h1-2,10,22,27-29,31-35,37,39-41H,3-9,11-21,23-26H2. The Morgan fingerprint density at radius 1 is 0.512 bits per heavy atom. The smallest absolute Gasteiger partial charge is 0.111 e. The average molecular weight is 581 g/mol.